The van der Waals surface area contributed by atoms with Crippen LogP contribution in [0.5, 0.6) is 0 Å². The minimum Gasteiger partial charge on any atom is -0.478 e. The summed E-state index contributed by atoms with van der Waals surface area (Å²) >= 11 is 0. The summed E-state index contributed by atoms with van der Waals surface area (Å²) in [7, 11) is 0. The molecule has 0 heterocycles. The highest BCUT2D eigenvalue weighted by atomic mass is 16.4. The molecule has 0 aliphatic rings. The number of carboxylic acid groups (broad SMARTS) is 1. The first-order valence-electron chi connectivity index (χ1n) is 6.50. The van der Waals surface area contributed by atoms with Crippen molar-refractivity contribution in [1.29, 1.82) is 0 Å². The first kappa shape index (κ1) is 14.0. The normalized spacial score (nSPS) is 10.8. The molecule has 0 aliphatic carbocycles. The molecule has 0 aliphatic heterocycles. The summed E-state index contributed by atoms with van der Waals surface area (Å²) in [5.41, 5.74) is 2.57. The molecule has 0 atom stereocenters. The Bertz CT molecular complexity index is 574. The molecule has 2 aromatic rings. The van der Waals surface area contributed by atoms with Crippen molar-refractivity contribution in [1.82, 2.24) is 5.32 Å². The summed E-state index contributed by atoms with van der Waals surface area (Å²) in [6.07, 6.45) is 4.14. The van der Waals surface area contributed by atoms with E-state index in [1.807, 2.05) is 30.3 Å². The molecule has 3 heteroatoms. The Hall–Kier alpha value is -2.39. The summed E-state index contributed by atoms with van der Waals surface area (Å²) in [5, 5.41) is 12.1. The maximum absolute atomic E-state index is 10.7. The molecule has 0 spiro atoms. The van der Waals surface area contributed by atoms with E-state index in [1.54, 1.807) is 12.1 Å². The Morgan fingerprint density at radius 1 is 1.05 bits per heavy atom. The first-order valence-corrected chi connectivity index (χ1v) is 6.50. The standard InChI is InChI=1S/C17H17NO2/c19-17(20)16-10-8-15(9-11-16)13-18-12-4-7-14-5-2-1-3-6-14/h1-11,18H,12-13H2,(H,19,20)/b7-4+. The van der Waals surface area contributed by atoms with E-state index in [2.05, 4.69) is 29.6 Å². The molecule has 2 rings (SSSR count). The van der Waals surface area contributed by atoms with Gasteiger partial charge in [-0.05, 0) is 23.3 Å². The molecule has 3 nitrogen and oxygen atoms in total. The second kappa shape index (κ2) is 7.26. The molecule has 0 aromatic heterocycles. The Labute approximate surface area is 118 Å². The lowest BCUT2D eigenvalue weighted by molar-refractivity contribution is 0.0697. The number of aromatic carboxylic acids is 1. The maximum Gasteiger partial charge on any atom is 0.335 e. The van der Waals surface area contributed by atoms with Crippen molar-refractivity contribution in [3.63, 3.8) is 0 Å². The lowest BCUT2D eigenvalue weighted by Gasteiger charge is -2.02. The molecule has 0 bridgehead atoms. The maximum atomic E-state index is 10.7. The molecule has 2 aromatic carbocycles. The van der Waals surface area contributed by atoms with Crippen LogP contribution < -0.4 is 5.32 Å². The van der Waals surface area contributed by atoms with Gasteiger partial charge in [-0.15, -0.1) is 0 Å². The van der Waals surface area contributed by atoms with Gasteiger partial charge in [0, 0.05) is 13.1 Å². The van der Waals surface area contributed by atoms with Gasteiger partial charge in [0.05, 0.1) is 5.56 Å². The van der Waals surface area contributed by atoms with Crippen LogP contribution in [0.15, 0.2) is 60.7 Å². The van der Waals surface area contributed by atoms with Crippen molar-refractivity contribution >= 4 is 12.0 Å². The van der Waals surface area contributed by atoms with Crippen LogP contribution >= 0.6 is 0 Å². The highest BCUT2D eigenvalue weighted by Crippen LogP contribution is 2.04. The van der Waals surface area contributed by atoms with Gasteiger partial charge in [0.1, 0.15) is 0 Å². The van der Waals surface area contributed by atoms with Gasteiger partial charge in [-0.1, -0.05) is 54.6 Å². The second-order valence-electron chi connectivity index (χ2n) is 4.45. The van der Waals surface area contributed by atoms with E-state index in [0.717, 1.165) is 18.7 Å². The van der Waals surface area contributed by atoms with Gasteiger partial charge in [0.2, 0.25) is 0 Å². The van der Waals surface area contributed by atoms with E-state index in [-0.39, 0.29) is 0 Å². The number of hydrogen-bond acceptors (Lipinski definition) is 2. The summed E-state index contributed by atoms with van der Waals surface area (Å²) in [5.74, 6) is -0.893. The number of carboxylic acids is 1. The third-order valence-electron chi connectivity index (χ3n) is 2.90. The van der Waals surface area contributed by atoms with Crippen LogP contribution in [-0.4, -0.2) is 17.6 Å². The topological polar surface area (TPSA) is 49.3 Å². The van der Waals surface area contributed by atoms with Crippen LogP contribution in [0.4, 0.5) is 0 Å². The van der Waals surface area contributed by atoms with Crippen molar-refractivity contribution in [2.45, 2.75) is 6.54 Å². The van der Waals surface area contributed by atoms with Crippen LogP contribution in [0.2, 0.25) is 0 Å². The lowest BCUT2D eigenvalue weighted by Crippen LogP contribution is -2.12. The van der Waals surface area contributed by atoms with Crippen molar-refractivity contribution in [3.05, 3.63) is 77.4 Å². The summed E-state index contributed by atoms with van der Waals surface area (Å²) in [4.78, 5) is 10.7. The highest BCUT2D eigenvalue weighted by molar-refractivity contribution is 5.87. The monoisotopic (exact) mass is 267 g/mol. The number of benzene rings is 2. The van der Waals surface area contributed by atoms with E-state index in [1.165, 1.54) is 5.56 Å². The minimum atomic E-state index is -0.893. The van der Waals surface area contributed by atoms with Gasteiger partial charge in [-0.2, -0.15) is 0 Å². The van der Waals surface area contributed by atoms with Crippen LogP contribution in [-0.2, 0) is 6.54 Å². The SMILES string of the molecule is O=C(O)c1ccc(CNC/C=C/c2ccccc2)cc1. The van der Waals surface area contributed by atoms with Crippen LogP contribution in [0, 0.1) is 0 Å². The summed E-state index contributed by atoms with van der Waals surface area (Å²) < 4.78 is 0. The quantitative estimate of drug-likeness (QED) is 0.790. The minimum absolute atomic E-state index is 0.317. The number of hydrogen-bond donors (Lipinski definition) is 2. The zero-order valence-electron chi connectivity index (χ0n) is 11.1. The average molecular weight is 267 g/mol. The molecule has 0 saturated carbocycles. The van der Waals surface area contributed by atoms with Gasteiger partial charge in [-0.3, -0.25) is 0 Å². The van der Waals surface area contributed by atoms with Gasteiger partial charge in [0.25, 0.3) is 0 Å². The smallest absolute Gasteiger partial charge is 0.335 e. The van der Waals surface area contributed by atoms with Gasteiger partial charge in [-0.25, -0.2) is 4.79 Å². The number of carbonyl (C=O) groups is 1. The second-order valence-corrected chi connectivity index (χ2v) is 4.45. The van der Waals surface area contributed by atoms with Crippen LogP contribution in [0.3, 0.4) is 0 Å². The molecule has 0 amide bonds. The predicted octanol–water partition coefficient (Wildman–Crippen LogP) is 3.19. The molecule has 0 unspecified atom stereocenters. The molecule has 0 radical (unpaired) electrons. The fourth-order valence-corrected chi connectivity index (χ4v) is 1.82. The van der Waals surface area contributed by atoms with E-state index >= 15 is 0 Å². The fraction of sp³-hybridized carbons (Fsp3) is 0.118. The average Bonchev–Trinajstić information content (AvgIpc) is 2.48. The third-order valence-corrected chi connectivity index (χ3v) is 2.90. The van der Waals surface area contributed by atoms with Crippen LogP contribution in [0.1, 0.15) is 21.5 Å². The molecular weight excluding hydrogens is 250 g/mol. The Morgan fingerprint density at radius 2 is 1.75 bits per heavy atom. The molecule has 0 fully saturated rings. The van der Waals surface area contributed by atoms with Gasteiger partial charge in [0.15, 0.2) is 0 Å². The van der Waals surface area contributed by atoms with E-state index < -0.39 is 5.97 Å². The molecule has 102 valence electrons. The molecule has 20 heavy (non-hydrogen) atoms. The first-order chi connectivity index (χ1) is 9.75. The summed E-state index contributed by atoms with van der Waals surface area (Å²) in [6.45, 7) is 1.49. The van der Waals surface area contributed by atoms with E-state index in [4.69, 9.17) is 5.11 Å². The number of nitrogens with one attached hydrogen (secondary N) is 1. The molecular formula is C17H17NO2. The van der Waals surface area contributed by atoms with Crippen molar-refractivity contribution in [2.24, 2.45) is 0 Å². The van der Waals surface area contributed by atoms with Crippen molar-refractivity contribution in [3.8, 4) is 0 Å². The molecule has 0 saturated heterocycles. The largest absolute Gasteiger partial charge is 0.478 e. The van der Waals surface area contributed by atoms with Crippen molar-refractivity contribution < 1.29 is 9.90 Å². The van der Waals surface area contributed by atoms with Gasteiger partial charge >= 0.3 is 5.97 Å². The van der Waals surface area contributed by atoms with Crippen LogP contribution in [0.25, 0.3) is 6.08 Å². The van der Waals surface area contributed by atoms with Gasteiger partial charge < -0.3 is 10.4 Å². The Kier molecular flexibility index (Phi) is 5.09. The molecule has 2 N–H and O–H groups in total. The fourth-order valence-electron chi connectivity index (χ4n) is 1.82. The lowest BCUT2D eigenvalue weighted by atomic mass is 10.1. The third kappa shape index (κ3) is 4.37. The Balaban J connectivity index is 1.76. The highest BCUT2D eigenvalue weighted by Gasteiger charge is 2.00. The zero-order valence-corrected chi connectivity index (χ0v) is 11.1. The van der Waals surface area contributed by atoms with E-state index in [0.29, 0.717) is 5.56 Å². The zero-order chi connectivity index (χ0) is 14.2. The van der Waals surface area contributed by atoms with E-state index in [9.17, 15) is 4.79 Å². The Morgan fingerprint density at radius 3 is 2.40 bits per heavy atom. The summed E-state index contributed by atoms with van der Waals surface area (Å²) in [6, 6.07) is 17.0. The predicted molar refractivity (Wildman–Crippen MR) is 80.6 cm³/mol. The van der Waals surface area contributed by atoms with Crippen molar-refractivity contribution in [2.75, 3.05) is 6.54 Å². The number of rotatable bonds is 6.